The quantitative estimate of drug-likeness (QED) is 0.749. The molecule has 144 valence electrons. The summed E-state index contributed by atoms with van der Waals surface area (Å²) in [5, 5.41) is 5.72. The summed E-state index contributed by atoms with van der Waals surface area (Å²) in [7, 11) is -2.22. The summed E-state index contributed by atoms with van der Waals surface area (Å²) < 4.78 is 38.5. The van der Waals surface area contributed by atoms with Crippen molar-refractivity contribution in [3.63, 3.8) is 0 Å². The van der Waals surface area contributed by atoms with Gasteiger partial charge in [-0.2, -0.15) is 4.31 Å². The molecule has 0 aromatic heterocycles. The Bertz CT molecular complexity index is 741. The maximum atomic E-state index is 13.1. The highest BCUT2D eigenvalue weighted by Crippen LogP contribution is 2.27. The number of nitrogens with one attached hydrogen (secondary N) is 2. The van der Waals surface area contributed by atoms with Gasteiger partial charge in [0.15, 0.2) is 0 Å². The molecule has 1 amide bonds. The average molecular weight is 383 g/mol. The summed E-state index contributed by atoms with van der Waals surface area (Å²) in [4.78, 5) is 12.1. The van der Waals surface area contributed by atoms with Crippen molar-refractivity contribution in [2.45, 2.75) is 23.8 Å². The summed E-state index contributed by atoms with van der Waals surface area (Å²) in [5.41, 5.74) is 0.793. The molecule has 1 unspecified atom stereocenters. The molecule has 2 fully saturated rings. The summed E-state index contributed by atoms with van der Waals surface area (Å²) >= 11 is 0. The first-order valence-corrected chi connectivity index (χ1v) is 10.3. The Hall–Kier alpha value is -1.68. The Balaban J connectivity index is 1.90. The van der Waals surface area contributed by atoms with Crippen molar-refractivity contribution in [2.24, 2.45) is 0 Å². The second-order valence-corrected chi connectivity index (χ2v) is 8.23. The molecule has 1 aromatic carbocycles. The lowest BCUT2D eigenvalue weighted by atomic mass is 10.2. The highest BCUT2D eigenvalue weighted by atomic mass is 32.2. The average Bonchev–Trinajstić information content (AvgIpc) is 3.20. The number of ether oxygens (including phenoxy) is 2. The van der Waals surface area contributed by atoms with E-state index < -0.39 is 10.0 Å². The summed E-state index contributed by atoms with van der Waals surface area (Å²) in [5.74, 6) is -0.325. The molecule has 2 heterocycles. The van der Waals surface area contributed by atoms with Gasteiger partial charge in [0, 0.05) is 38.9 Å². The van der Waals surface area contributed by atoms with Gasteiger partial charge in [-0.05, 0) is 31.0 Å². The Labute approximate surface area is 153 Å². The van der Waals surface area contributed by atoms with Crippen molar-refractivity contribution in [1.82, 2.24) is 9.62 Å². The molecule has 0 saturated carbocycles. The molecule has 2 N–H and O–H groups in total. The van der Waals surface area contributed by atoms with Gasteiger partial charge in [-0.1, -0.05) is 0 Å². The summed E-state index contributed by atoms with van der Waals surface area (Å²) in [6.45, 7) is 2.61. The molecule has 0 bridgehead atoms. The number of carbonyl (C=O) groups is 1. The summed E-state index contributed by atoms with van der Waals surface area (Å²) in [6.07, 6.45) is 2.04. The molecular weight excluding hydrogens is 358 g/mol. The number of amides is 1. The molecule has 2 saturated heterocycles. The molecule has 0 radical (unpaired) electrons. The van der Waals surface area contributed by atoms with Gasteiger partial charge in [-0.3, -0.25) is 4.79 Å². The first kappa shape index (κ1) is 19.1. The van der Waals surface area contributed by atoms with Gasteiger partial charge in [0.2, 0.25) is 10.0 Å². The number of carbonyl (C=O) groups excluding carboxylic acids is 1. The van der Waals surface area contributed by atoms with Crippen LogP contribution in [0.1, 0.15) is 23.2 Å². The van der Waals surface area contributed by atoms with Crippen molar-refractivity contribution in [3.05, 3.63) is 23.8 Å². The number of morpholine rings is 1. The Morgan fingerprint density at radius 3 is 2.69 bits per heavy atom. The molecule has 0 spiro atoms. The van der Waals surface area contributed by atoms with Crippen LogP contribution in [0, 0.1) is 0 Å². The number of anilines is 1. The highest BCUT2D eigenvalue weighted by Gasteiger charge is 2.30. The van der Waals surface area contributed by atoms with Crippen LogP contribution in [0.2, 0.25) is 0 Å². The fourth-order valence-electron chi connectivity index (χ4n) is 3.12. The zero-order valence-electron chi connectivity index (χ0n) is 14.9. The lowest BCUT2D eigenvalue weighted by Crippen LogP contribution is -2.41. The lowest BCUT2D eigenvalue weighted by Gasteiger charge is -2.27. The Morgan fingerprint density at radius 1 is 1.27 bits per heavy atom. The minimum atomic E-state index is -3.73. The van der Waals surface area contributed by atoms with Gasteiger partial charge >= 0.3 is 0 Å². The maximum absolute atomic E-state index is 13.1. The lowest BCUT2D eigenvalue weighted by molar-refractivity contribution is 0.0730. The van der Waals surface area contributed by atoms with E-state index in [1.165, 1.54) is 17.4 Å². The van der Waals surface area contributed by atoms with Crippen LogP contribution < -0.4 is 10.6 Å². The van der Waals surface area contributed by atoms with Gasteiger partial charge < -0.3 is 20.1 Å². The van der Waals surface area contributed by atoms with E-state index >= 15 is 0 Å². The first-order chi connectivity index (χ1) is 12.5. The second kappa shape index (κ2) is 8.34. The normalized spacial score (nSPS) is 21.5. The van der Waals surface area contributed by atoms with Gasteiger partial charge in [0.25, 0.3) is 5.91 Å². The standard InChI is InChI=1S/C17H25N3O5S/c1-18-17(21)13-4-5-15(19-12-14-3-2-8-25-14)16(11-13)26(22,23)20-6-9-24-10-7-20/h4-5,11,14,19H,2-3,6-10,12H2,1H3,(H,18,21). The number of hydrogen-bond acceptors (Lipinski definition) is 6. The van der Waals surface area contributed by atoms with E-state index in [0.29, 0.717) is 44.1 Å². The van der Waals surface area contributed by atoms with Crippen molar-refractivity contribution < 1.29 is 22.7 Å². The molecule has 26 heavy (non-hydrogen) atoms. The molecule has 9 heteroatoms. The van der Waals surface area contributed by atoms with Crippen LogP contribution in [0.25, 0.3) is 0 Å². The topological polar surface area (TPSA) is 97.0 Å². The number of rotatable bonds is 6. The van der Waals surface area contributed by atoms with E-state index in [0.717, 1.165) is 19.4 Å². The zero-order chi connectivity index (χ0) is 18.6. The SMILES string of the molecule is CNC(=O)c1ccc(NCC2CCCO2)c(S(=O)(=O)N2CCOCC2)c1. The smallest absolute Gasteiger partial charge is 0.251 e. The first-order valence-electron chi connectivity index (χ1n) is 8.82. The van der Waals surface area contributed by atoms with Gasteiger partial charge in [0.1, 0.15) is 4.90 Å². The van der Waals surface area contributed by atoms with Crippen molar-refractivity contribution >= 4 is 21.6 Å². The van der Waals surface area contributed by atoms with Gasteiger partial charge in [-0.15, -0.1) is 0 Å². The maximum Gasteiger partial charge on any atom is 0.251 e. The molecule has 3 rings (SSSR count). The Morgan fingerprint density at radius 2 is 2.04 bits per heavy atom. The fourth-order valence-corrected chi connectivity index (χ4v) is 4.72. The van der Waals surface area contributed by atoms with Crippen LogP contribution in [0.4, 0.5) is 5.69 Å². The van der Waals surface area contributed by atoms with Crippen LogP contribution in [0.3, 0.4) is 0 Å². The van der Waals surface area contributed by atoms with Crippen LogP contribution in [0.5, 0.6) is 0 Å². The number of hydrogen-bond donors (Lipinski definition) is 2. The zero-order valence-corrected chi connectivity index (χ0v) is 15.7. The third-order valence-corrected chi connectivity index (χ3v) is 6.54. The van der Waals surface area contributed by atoms with E-state index in [1.807, 2.05) is 0 Å². The predicted octanol–water partition coefficient (Wildman–Crippen LogP) is 0.658. The third kappa shape index (κ3) is 4.17. The van der Waals surface area contributed by atoms with Crippen LogP contribution in [-0.4, -0.2) is 71.2 Å². The molecule has 1 atom stereocenters. The monoisotopic (exact) mass is 383 g/mol. The van der Waals surface area contributed by atoms with E-state index in [-0.39, 0.29) is 16.9 Å². The van der Waals surface area contributed by atoms with Crippen molar-refractivity contribution in [3.8, 4) is 0 Å². The molecule has 8 nitrogen and oxygen atoms in total. The fraction of sp³-hybridized carbons (Fsp3) is 0.588. The molecule has 0 aliphatic carbocycles. The van der Waals surface area contributed by atoms with Crippen molar-refractivity contribution in [1.29, 1.82) is 0 Å². The Kier molecular flexibility index (Phi) is 6.13. The molecule has 2 aliphatic rings. The number of nitrogens with zero attached hydrogens (tertiary/aromatic N) is 1. The van der Waals surface area contributed by atoms with E-state index in [4.69, 9.17) is 9.47 Å². The largest absolute Gasteiger partial charge is 0.381 e. The number of sulfonamides is 1. The third-order valence-electron chi connectivity index (χ3n) is 4.60. The van der Waals surface area contributed by atoms with Gasteiger partial charge in [-0.25, -0.2) is 8.42 Å². The predicted molar refractivity (Wildman–Crippen MR) is 96.9 cm³/mol. The highest BCUT2D eigenvalue weighted by molar-refractivity contribution is 7.89. The molecule has 2 aliphatic heterocycles. The van der Waals surface area contributed by atoms with E-state index in [2.05, 4.69) is 10.6 Å². The van der Waals surface area contributed by atoms with E-state index in [9.17, 15) is 13.2 Å². The van der Waals surface area contributed by atoms with Crippen molar-refractivity contribution in [2.75, 3.05) is 51.8 Å². The molecule has 1 aromatic rings. The minimum absolute atomic E-state index is 0.0764. The van der Waals surface area contributed by atoms with Crippen LogP contribution in [0.15, 0.2) is 23.1 Å². The van der Waals surface area contributed by atoms with Gasteiger partial charge in [0.05, 0.1) is 25.0 Å². The second-order valence-electron chi connectivity index (χ2n) is 6.32. The van der Waals surface area contributed by atoms with E-state index in [1.54, 1.807) is 12.1 Å². The minimum Gasteiger partial charge on any atom is -0.381 e. The molecular formula is C17H25N3O5S. The summed E-state index contributed by atoms with van der Waals surface area (Å²) in [6, 6.07) is 4.70. The van der Waals surface area contributed by atoms with Crippen LogP contribution in [-0.2, 0) is 19.5 Å². The van der Waals surface area contributed by atoms with Crippen LogP contribution >= 0.6 is 0 Å². The number of benzene rings is 1.